The summed E-state index contributed by atoms with van der Waals surface area (Å²) in [7, 11) is 0. The molecule has 0 aromatic carbocycles. The Morgan fingerprint density at radius 3 is 3.25 bits per heavy atom. The largest absolute Gasteiger partial charge is 0.347 e. The summed E-state index contributed by atoms with van der Waals surface area (Å²) in [5, 5.41) is 0. The van der Waals surface area contributed by atoms with E-state index in [0.29, 0.717) is 6.61 Å². The third-order valence-electron chi connectivity index (χ3n) is 0.775. The fraction of sp³-hybridized carbons (Fsp3) is 0.250. The predicted octanol–water partition coefficient (Wildman–Crippen LogP) is -0.200. The molecule has 0 aliphatic heterocycles. The molecule has 0 saturated heterocycles. The van der Waals surface area contributed by atoms with E-state index in [-0.39, 0.29) is 0 Å². The summed E-state index contributed by atoms with van der Waals surface area (Å²) >= 11 is 0. The first-order chi connectivity index (χ1) is 3.93. The number of H-pyrrole nitrogens is 1. The molecule has 4 nitrogen and oxygen atoms in total. The second-order valence-electron chi connectivity index (χ2n) is 1.35. The van der Waals surface area contributed by atoms with E-state index >= 15 is 0 Å². The van der Waals surface area contributed by atoms with Gasteiger partial charge in [0.2, 0.25) is 0 Å². The van der Waals surface area contributed by atoms with Crippen molar-refractivity contribution in [2.24, 2.45) is 5.90 Å². The molecule has 1 heterocycles. The topological polar surface area (TPSA) is 63.9 Å². The third-order valence-corrected chi connectivity index (χ3v) is 0.775. The predicted molar refractivity (Wildman–Crippen MR) is 27.6 cm³/mol. The van der Waals surface area contributed by atoms with Crippen molar-refractivity contribution in [3.05, 3.63) is 18.2 Å². The molecule has 1 aromatic rings. The maximum absolute atomic E-state index is 4.76. The number of rotatable bonds is 2. The van der Waals surface area contributed by atoms with Crippen LogP contribution in [0.1, 0.15) is 5.82 Å². The highest BCUT2D eigenvalue weighted by molar-refractivity contribution is 4.83. The Morgan fingerprint density at radius 1 is 1.88 bits per heavy atom. The van der Waals surface area contributed by atoms with Crippen molar-refractivity contribution in [2.75, 3.05) is 0 Å². The molecule has 0 unspecified atom stereocenters. The van der Waals surface area contributed by atoms with E-state index in [2.05, 4.69) is 14.8 Å². The Hall–Kier alpha value is -0.870. The van der Waals surface area contributed by atoms with Crippen molar-refractivity contribution >= 4 is 0 Å². The first-order valence-corrected chi connectivity index (χ1v) is 2.23. The lowest BCUT2D eigenvalue weighted by atomic mass is 10.7. The van der Waals surface area contributed by atoms with Gasteiger partial charge in [0, 0.05) is 12.4 Å². The maximum atomic E-state index is 4.76. The van der Waals surface area contributed by atoms with Gasteiger partial charge in [0.15, 0.2) is 0 Å². The summed E-state index contributed by atoms with van der Waals surface area (Å²) in [6.07, 6.45) is 3.36. The van der Waals surface area contributed by atoms with E-state index in [9.17, 15) is 0 Å². The second-order valence-corrected chi connectivity index (χ2v) is 1.35. The number of nitrogens with two attached hydrogens (primary N) is 1. The van der Waals surface area contributed by atoms with Crippen LogP contribution >= 0.6 is 0 Å². The van der Waals surface area contributed by atoms with E-state index < -0.39 is 0 Å². The van der Waals surface area contributed by atoms with Gasteiger partial charge in [-0.15, -0.1) is 0 Å². The highest BCUT2D eigenvalue weighted by Crippen LogP contribution is 1.86. The number of aromatic nitrogens is 2. The molecule has 0 aliphatic rings. The van der Waals surface area contributed by atoms with Crippen LogP contribution in [0.3, 0.4) is 0 Å². The fourth-order valence-corrected chi connectivity index (χ4v) is 0.456. The molecule has 44 valence electrons. The molecule has 0 saturated carbocycles. The zero-order valence-electron chi connectivity index (χ0n) is 4.29. The number of hydrogen-bond acceptors (Lipinski definition) is 3. The number of imidazole rings is 1. The van der Waals surface area contributed by atoms with Gasteiger partial charge in [0.25, 0.3) is 0 Å². The van der Waals surface area contributed by atoms with Crippen molar-refractivity contribution in [2.45, 2.75) is 6.61 Å². The van der Waals surface area contributed by atoms with Crippen LogP contribution in [-0.2, 0) is 11.4 Å². The standard InChI is InChI=1S/C4H7N3O/c5-8-3-4-6-1-2-7-4/h1-2H,3,5H2,(H,6,7). The number of hydrogen-bond donors (Lipinski definition) is 2. The van der Waals surface area contributed by atoms with Crippen LogP contribution in [0.5, 0.6) is 0 Å². The van der Waals surface area contributed by atoms with Crippen molar-refractivity contribution < 1.29 is 4.84 Å². The van der Waals surface area contributed by atoms with Crippen LogP contribution in [-0.4, -0.2) is 9.97 Å². The average Bonchev–Trinajstić information content (AvgIpc) is 2.19. The van der Waals surface area contributed by atoms with Crippen molar-refractivity contribution in [1.29, 1.82) is 0 Å². The average molecular weight is 113 g/mol. The van der Waals surface area contributed by atoms with Crippen molar-refractivity contribution in [3.63, 3.8) is 0 Å². The second kappa shape index (κ2) is 2.44. The molecule has 0 radical (unpaired) electrons. The Labute approximate surface area is 46.6 Å². The molecule has 0 amide bonds. The van der Waals surface area contributed by atoms with Crippen LogP contribution in [0, 0.1) is 0 Å². The molecular formula is C4H7N3O. The summed E-state index contributed by atoms with van der Waals surface area (Å²) in [4.78, 5) is 11.0. The molecule has 4 heteroatoms. The normalized spacial score (nSPS) is 9.62. The Balaban J connectivity index is 2.50. The van der Waals surface area contributed by atoms with E-state index in [1.165, 1.54) is 0 Å². The lowest BCUT2D eigenvalue weighted by molar-refractivity contribution is 0.119. The summed E-state index contributed by atoms with van der Waals surface area (Å²) < 4.78 is 0. The molecule has 0 fully saturated rings. The summed E-state index contributed by atoms with van der Waals surface area (Å²) in [6, 6.07) is 0. The molecule has 3 N–H and O–H groups in total. The third kappa shape index (κ3) is 1.05. The SMILES string of the molecule is NOCc1ncc[nH]1. The highest BCUT2D eigenvalue weighted by Gasteiger charge is 1.88. The fourth-order valence-electron chi connectivity index (χ4n) is 0.456. The Bertz CT molecular complexity index is 137. The molecule has 1 aromatic heterocycles. The monoisotopic (exact) mass is 113 g/mol. The van der Waals surface area contributed by atoms with Crippen molar-refractivity contribution in [1.82, 2.24) is 9.97 Å². The quantitative estimate of drug-likeness (QED) is 0.522. The minimum absolute atomic E-state index is 0.340. The number of nitrogens with one attached hydrogen (secondary N) is 1. The Kier molecular flexibility index (Phi) is 1.61. The van der Waals surface area contributed by atoms with Gasteiger partial charge in [-0.2, -0.15) is 0 Å². The Morgan fingerprint density at radius 2 is 2.75 bits per heavy atom. The van der Waals surface area contributed by atoms with Gasteiger partial charge in [0.1, 0.15) is 12.4 Å². The highest BCUT2D eigenvalue weighted by atomic mass is 16.6. The molecule has 0 aliphatic carbocycles. The smallest absolute Gasteiger partial charge is 0.134 e. The van der Waals surface area contributed by atoms with E-state index in [1.54, 1.807) is 12.4 Å². The van der Waals surface area contributed by atoms with Gasteiger partial charge in [-0.1, -0.05) is 0 Å². The van der Waals surface area contributed by atoms with Gasteiger partial charge < -0.3 is 4.98 Å². The van der Waals surface area contributed by atoms with Crippen LogP contribution in [0.25, 0.3) is 0 Å². The van der Waals surface area contributed by atoms with Gasteiger partial charge in [-0.3, -0.25) is 4.84 Å². The van der Waals surface area contributed by atoms with Gasteiger partial charge >= 0.3 is 0 Å². The van der Waals surface area contributed by atoms with E-state index in [1.807, 2.05) is 0 Å². The zero-order chi connectivity index (χ0) is 5.82. The first-order valence-electron chi connectivity index (χ1n) is 2.23. The molecular weight excluding hydrogens is 106 g/mol. The zero-order valence-corrected chi connectivity index (χ0v) is 4.29. The maximum Gasteiger partial charge on any atom is 0.134 e. The number of aromatic amines is 1. The molecule has 0 atom stereocenters. The van der Waals surface area contributed by atoms with Crippen LogP contribution in [0.15, 0.2) is 12.4 Å². The van der Waals surface area contributed by atoms with E-state index in [4.69, 9.17) is 5.90 Å². The van der Waals surface area contributed by atoms with E-state index in [0.717, 1.165) is 5.82 Å². The van der Waals surface area contributed by atoms with Gasteiger partial charge in [0.05, 0.1) is 0 Å². The minimum atomic E-state index is 0.340. The molecule has 0 bridgehead atoms. The summed E-state index contributed by atoms with van der Waals surface area (Å²) in [5.74, 6) is 5.50. The minimum Gasteiger partial charge on any atom is -0.347 e. The molecule has 1 rings (SSSR count). The van der Waals surface area contributed by atoms with Gasteiger partial charge in [-0.25, -0.2) is 10.9 Å². The first kappa shape index (κ1) is 5.27. The lowest BCUT2D eigenvalue weighted by Gasteiger charge is -1.88. The van der Waals surface area contributed by atoms with Crippen LogP contribution in [0.2, 0.25) is 0 Å². The molecule has 0 spiro atoms. The van der Waals surface area contributed by atoms with Crippen LogP contribution in [0.4, 0.5) is 0 Å². The lowest BCUT2D eigenvalue weighted by Crippen LogP contribution is -1.99. The number of nitrogens with zero attached hydrogens (tertiary/aromatic N) is 1. The van der Waals surface area contributed by atoms with Gasteiger partial charge in [-0.05, 0) is 0 Å². The summed E-state index contributed by atoms with van der Waals surface area (Å²) in [5.41, 5.74) is 0. The molecule has 8 heavy (non-hydrogen) atoms. The van der Waals surface area contributed by atoms with Crippen LogP contribution < -0.4 is 5.90 Å². The van der Waals surface area contributed by atoms with Crippen molar-refractivity contribution in [3.8, 4) is 0 Å². The summed E-state index contributed by atoms with van der Waals surface area (Å²) in [6.45, 7) is 0.340.